The van der Waals surface area contributed by atoms with Crippen molar-refractivity contribution in [2.45, 2.75) is 33.3 Å². The van der Waals surface area contributed by atoms with Crippen LogP contribution in [-0.4, -0.2) is 35.0 Å². The van der Waals surface area contributed by atoms with Gasteiger partial charge in [-0.05, 0) is 19.4 Å². The lowest BCUT2D eigenvalue weighted by molar-refractivity contribution is -0.143. The van der Waals surface area contributed by atoms with E-state index in [9.17, 15) is 9.59 Å². The third-order valence-electron chi connectivity index (χ3n) is 4.68. The van der Waals surface area contributed by atoms with Gasteiger partial charge in [-0.3, -0.25) is 9.36 Å². The van der Waals surface area contributed by atoms with Gasteiger partial charge in [0.15, 0.2) is 11.9 Å². The Morgan fingerprint density at radius 1 is 1.00 bits per heavy atom. The minimum absolute atomic E-state index is 0.0134. The van der Waals surface area contributed by atoms with Gasteiger partial charge in [-0.1, -0.05) is 60.7 Å². The summed E-state index contributed by atoms with van der Waals surface area (Å²) in [4.78, 5) is 30.6. The Kier molecular flexibility index (Phi) is 8.13. The third-order valence-corrected chi connectivity index (χ3v) is 4.68. The molecule has 0 spiro atoms. The van der Waals surface area contributed by atoms with Crippen LogP contribution in [0.15, 0.2) is 65.5 Å². The van der Waals surface area contributed by atoms with Crippen molar-refractivity contribution in [1.82, 2.24) is 9.55 Å². The molecule has 0 amide bonds. The van der Waals surface area contributed by atoms with E-state index < -0.39 is 17.8 Å². The topological polar surface area (TPSA) is 106 Å². The molecule has 168 valence electrons. The van der Waals surface area contributed by atoms with Gasteiger partial charge in [0.25, 0.3) is 5.56 Å². The van der Waals surface area contributed by atoms with Crippen LogP contribution in [0.4, 0.5) is 5.82 Å². The largest absolute Gasteiger partial charge is 0.457 e. The van der Waals surface area contributed by atoms with Gasteiger partial charge in [0.05, 0.1) is 6.54 Å². The number of carbonyl (C=O) groups is 1. The summed E-state index contributed by atoms with van der Waals surface area (Å²) in [7, 11) is 0. The Bertz CT molecular complexity index is 1080. The molecule has 0 aliphatic heterocycles. The molecular formula is C24H27N3O5. The number of nitrogen functional groups attached to an aromatic ring is 1. The molecule has 0 unspecified atom stereocenters. The summed E-state index contributed by atoms with van der Waals surface area (Å²) in [5.41, 5.74) is 6.60. The maximum absolute atomic E-state index is 13.4. The highest BCUT2D eigenvalue weighted by atomic mass is 16.7. The minimum Gasteiger partial charge on any atom is -0.457 e. The van der Waals surface area contributed by atoms with Crippen LogP contribution >= 0.6 is 0 Å². The molecule has 2 aromatic carbocycles. The molecule has 0 bridgehead atoms. The number of rotatable bonds is 10. The van der Waals surface area contributed by atoms with E-state index in [2.05, 4.69) is 4.98 Å². The molecule has 2 N–H and O–H groups in total. The maximum atomic E-state index is 13.4. The summed E-state index contributed by atoms with van der Waals surface area (Å²) in [6.07, 6.45) is -0.691. The average Bonchev–Trinajstić information content (AvgIpc) is 2.81. The molecule has 0 aliphatic carbocycles. The van der Waals surface area contributed by atoms with Crippen LogP contribution in [0.1, 0.15) is 29.8 Å². The number of hydrogen-bond acceptors (Lipinski definition) is 7. The predicted molar refractivity (Wildman–Crippen MR) is 121 cm³/mol. The number of anilines is 1. The highest BCUT2D eigenvalue weighted by Gasteiger charge is 2.25. The molecule has 0 aliphatic rings. The highest BCUT2D eigenvalue weighted by Crippen LogP contribution is 2.20. The number of nitrogens with zero attached hydrogens (tertiary/aromatic N) is 2. The maximum Gasteiger partial charge on any atom is 0.347 e. The molecule has 8 heteroatoms. The standard InChI is InChI=1S/C24H27N3O5/c1-3-30-19(31-4-2)15-27-22(18-13-9-6-10-14-18)26-21(25)20(23(27)28)24(29)32-16-17-11-7-5-8-12-17/h5-14,19H,3-4,15-16,25H2,1-2H3. The van der Waals surface area contributed by atoms with E-state index in [1.807, 2.05) is 74.5 Å². The molecule has 0 radical (unpaired) electrons. The number of benzene rings is 2. The second kappa shape index (κ2) is 11.2. The van der Waals surface area contributed by atoms with Gasteiger partial charge < -0.3 is 19.9 Å². The van der Waals surface area contributed by atoms with Crippen LogP contribution in [0, 0.1) is 0 Å². The summed E-state index contributed by atoms with van der Waals surface area (Å²) in [6, 6.07) is 18.3. The first-order chi connectivity index (χ1) is 15.5. The van der Waals surface area contributed by atoms with Crippen molar-refractivity contribution in [3.63, 3.8) is 0 Å². The molecule has 8 nitrogen and oxygen atoms in total. The molecular weight excluding hydrogens is 410 g/mol. The first-order valence-corrected chi connectivity index (χ1v) is 10.4. The van der Waals surface area contributed by atoms with Gasteiger partial charge in [0, 0.05) is 18.8 Å². The zero-order valence-corrected chi connectivity index (χ0v) is 18.2. The molecule has 0 atom stereocenters. The number of esters is 1. The van der Waals surface area contributed by atoms with Crippen molar-refractivity contribution in [3.8, 4) is 11.4 Å². The Morgan fingerprint density at radius 3 is 2.19 bits per heavy atom. The Morgan fingerprint density at radius 2 is 1.59 bits per heavy atom. The molecule has 3 rings (SSSR count). The Balaban J connectivity index is 2.01. The molecule has 32 heavy (non-hydrogen) atoms. The first kappa shape index (κ1) is 23.2. The Hall–Kier alpha value is -3.49. The smallest absolute Gasteiger partial charge is 0.347 e. The quantitative estimate of drug-likeness (QED) is 0.383. The van der Waals surface area contributed by atoms with E-state index in [0.717, 1.165) is 5.56 Å². The normalized spacial score (nSPS) is 11.0. The summed E-state index contributed by atoms with van der Waals surface area (Å²) >= 11 is 0. The van der Waals surface area contributed by atoms with Crippen LogP contribution in [-0.2, 0) is 27.4 Å². The third kappa shape index (κ3) is 5.60. The summed E-state index contributed by atoms with van der Waals surface area (Å²) < 4.78 is 17.9. The zero-order chi connectivity index (χ0) is 22.9. The van der Waals surface area contributed by atoms with Gasteiger partial charge in [-0.25, -0.2) is 9.78 Å². The van der Waals surface area contributed by atoms with Crippen molar-refractivity contribution >= 4 is 11.8 Å². The van der Waals surface area contributed by atoms with Crippen LogP contribution in [0.25, 0.3) is 11.4 Å². The van der Waals surface area contributed by atoms with E-state index in [-0.39, 0.29) is 24.5 Å². The SMILES string of the molecule is CCOC(Cn1c(-c2ccccc2)nc(N)c(C(=O)OCc2ccccc2)c1=O)OCC. The van der Waals surface area contributed by atoms with Crippen LogP contribution in [0.2, 0.25) is 0 Å². The zero-order valence-electron chi connectivity index (χ0n) is 18.2. The van der Waals surface area contributed by atoms with E-state index >= 15 is 0 Å². The lowest BCUT2D eigenvalue weighted by atomic mass is 10.2. The number of carbonyl (C=O) groups excluding carboxylic acids is 1. The second-order valence-electron chi connectivity index (χ2n) is 6.88. The molecule has 3 aromatic rings. The fourth-order valence-electron chi connectivity index (χ4n) is 3.21. The van der Waals surface area contributed by atoms with Crippen molar-refractivity contribution in [2.24, 2.45) is 0 Å². The molecule has 0 saturated heterocycles. The monoisotopic (exact) mass is 437 g/mol. The average molecular weight is 437 g/mol. The van der Waals surface area contributed by atoms with Crippen LogP contribution in [0.3, 0.4) is 0 Å². The van der Waals surface area contributed by atoms with Gasteiger partial charge >= 0.3 is 5.97 Å². The fraction of sp³-hybridized carbons (Fsp3) is 0.292. The van der Waals surface area contributed by atoms with E-state index in [0.29, 0.717) is 24.6 Å². The Labute approximate surface area is 186 Å². The van der Waals surface area contributed by atoms with Crippen LogP contribution in [0.5, 0.6) is 0 Å². The van der Waals surface area contributed by atoms with Gasteiger partial charge in [0.2, 0.25) is 0 Å². The minimum atomic E-state index is -0.832. The summed E-state index contributed by atoms with van der Waals surface area (Å²) in [5.74, 6) is -0.703. The lowest BCUT2D eigenvalue weighted by Crippen LogP contribution is -2.36. The van der Waals surface area contributed by atoms with Gasteiger partial charge in [-0.15, -0.1) is 0 Å². The first-order valence-electron chi connectivity index (χ1n) is 10.4. The second-order valence-corrected chi connectivity index (χ2v) is 6.88. The number of aromatic nitrogens is 2. The summed E-state index contributed by atoms with van der Waals surface area (Å²) in [6.45, 7) is 4.51. The van der Waals surface area contributed by atoms with E-state index in [1.165, 1.54) is 4.57 Å². The fourth-order valence-corrected chi connectivity index (χ4v) is 3.21. The van der Waals surface area contributed by atoms with E-state index in [1.54, 1.807) is 0 Å². The van der Waals surface area contributed by atoms with Crippen molar-refractivity contribution in [2.75, 3.05) is 18.9 Å². The molecule has 1 heterocycles. The van der Waals surface area contributed by atoms with E-state index in [4.69, 9.17) is 19.9 Å². The number of ether oxygens (including phenoxy) is 3. The molecule has 1 aromatic heterocycles. The van der Waals surface area contributed by atoms with Crippen molar-refractivity contribution in [1.29, 1.82) is 0 Å². The highest BCUT2D eigenvalue weighted by molar-refractivity contribution is 5.94. The molecule has 0 saturated carbocycles. The van der Waals surface area contributed by atoms with Crippen molar-refractivity contribution < 1.29 is 19.0 Å². The van der Waals surface area contributed by atoms with Crippen LogP contribution < -0.4 is 11.3 Å². The van der Waals surface area contributed by atoms with Crippen molar-refractivity contribution in [3.05, 3.63) is 82.1 Å². The number of nitrogens with two attached hydrogens (primary N) is 1. The van der Waals surface area contributed by atoms with Gasteiger partial charge in [0.1, 0.15) is 18.2 Å². The van der Waals surface area contributed by atoms with Gasteiger partial charge in [-0.2, -0.15) is 0 Å². The molecule has 0 fully saturated rings. The summed E-state index contributed by atoms with van der Waals surface area (Å²) in [5, 5.41) is 0. The predicted octanol–water partition coefficient (Wildman–Crippen LogP) is 3.25. The number of hydrogen-bond donors (Lipinski definition) is 1. The lowest BCUT2D eigenvalue weighted by Gasteiger charge is -2.21.